The Balaban J connectivity index is 1.69. The molecule has 4 heterocycles. The molecule has 12 heteroatoms. The maximum atomic E-state index is 14.3. The molecular weight excluding hydrogens is 514 g/mol. The van der Waals surface area contributed by atoms with Crippen molar-refractivity contribution in [2.24, 2.45) is 0 Å². The molecule has 0 saturated heterocycles. The third-order valence-corrected chi connectivity index (χ3v) is 6.49. The minimum atomic E-state index is -0.786. The molecular formula is C28H29N7O5. The second kappa shape index (κ2) is 11.0. The zero-order valence-electron chi connectivity index (χ0n) is 22.3. The van der Waals surface area contributed by atoms with Crippen molar-refractivity contribution in [3.05, 3.63) is 93.0 Å². The normalized spacial score (nSPS) is 11.4. The number of nitrogens with zero attached hydrogens (tertiary/aromatic N) is 5. The first-order valence-electron chi connectivity index (χ1n) is 12.7. The van der Waals surface area contributed by atoms with E-state index in [4.69, 9.17) is 19.9 Å². The van der Waals surface area contributed by atoms with Gasteiger partial charge in [0.15, 0.2) is 17.1 Å². The van der Waals surface area contributed by atoms with Gasteiger partial charge in [0.25, 0.3) is 11.5 Å². The van der Waals surface area contributed by atoms with Crippen LogP contribution in [0.4, 0.5) is 11.5 Å². The summed E-state index contributed by atoms with van der Waals surface area (Å²) in [6.45, 7) is 4.11. The Morgan fingerprint density at radius 2 is 1.95 bits per heavy atom. The van der Waals surface area contributed by atoms with Crippen molar-refractivity contribution >= 4 is 28.4 Å². The average Bonchev–Trinajstić information content (AvgIpc) is 3.63. The predicted octanol–water partition coefficient (Wildman–Crippen LogP) is 3.05. The van der Waals surface area contributed by atoms with Crippen LogP contribution in [0.15, 0.2) is 75.0 Å². The second-order valence-electron chi connectivity index (χ2n) is 9.47. The maximum Gasteiger partial charge on any atom is 0.330 e. The Morgan fingerprint density at radius 3 is 2.62 bits per heavy atom. The highest BCUT2D eigenvalue weighted by Gasteiger charge is 2.28. The molecule has 0 aliphatic heterocycles. The maximum absolute atomic E-state index is 14.3. The molecule has 0 fully saturated rings. The number of rotatable bonds is 9. The number of nitrogen functional groups attached to an aromatic ring is 1. The fraction of sp³-hybridized carbons (Fsp3) is 0.250. The van der Waals surface area contributed by atoms with Crippen LogP contribution >= 0.6 is 0 Å². The number of nitrogens with two attached hydrogens (primary N) is 1. The Morgan fingerprint density at radius 1 is 1.18 bits per heavy atom. The number of fused-ring (bicyclic) bond motifs is 1. The fourth-order valence-electron chi connectivity index (χ4n) is 4.53. The number of aromatic amines is 1. The van der Waals surface area contributed by atoms with E-state index in [1.54, 1.807) is 29.1 Å². The van der Waals surface area contributed by atoms with E-state index in [0.717, 1.165) is 5.56 Å². The van der Waals surface area contributed by atoms with E-state index in [1.165, 1.54) is 22.8 Å². The molecule has 4 aromatic heterocycles. The first kappa shape index (κ1) is 26.6. The highest BCUT2D eigenvalue weighted by molar-refractivity contribution is 6.14. The van der Waals surface area contributed by atoms with E-state index in [1.807, 2.05) is 44.2 Å². The standard InChI is InChI=1S/C28H29N7O5/c1-17(2)35-25-20(15-30-35)19(14-21(31-25)22-10-7-12-40-22)27(37)33(11-13-39-3)23-24(29)34(28(38)32-26(23)36)16-18-8-5-4-6-9-18/h4-10,12,14-15,17H,11,13,16,29H2,1-3H3,(H,32,36,38). The van der Waals surface area contributed by atoms with Gasteiger partial charge in [-0.1, -0.05) is 30.3 Å². The smallest absolute Gasteiger partial charge is 0.330 e. The Bertz CT molecular complexity index is 1770. The van der Waals surface area contributed by atoms with Gasteiger partial charge >= 0.3 is 5.69 Å². The Labute approximate surface area is 228 Å². The summed E-state index contributed by atoms with van der Waals surface area (Å²) in [5.41, 5.74) is 6.76. The van der Waals surface area contributed by atoms with Crippen molar-refractivity contribution in [3.63, 3.8) is 0 Å². The number of furan rings is 1. The molecule has 5 rings (SSSR count). The second-order valence-corrected chi connectivity index (χ2v) is 9.47. The number of carbonyl (C=O) groups is 1. The lowest BCUT2D eigenvalue weighted by Gasteiger charge is -2.25. The SMILES string of the molecule is COCCN(C(=O)c1cc(-c2ccco2)nc2c1cnn2C(C)C)c1c(N)n(Cc2ccccc2)c(=O)[nH]c1=O. The van der Waals surface area contributed by atoms with Gasteiger partial charge < -0.3 is 14.9 Å². The van der Waals surface area contributed by atoms with Gasteiger partial charge in [-0.25, -0.2) is 14.5 Å². The van der Waals surface area contributed by atoms with Crippen molar-refractivity contribution in [2.45, 2.75) is 26.4 Å². The highest BCUT2D eigenvalue weighted by atomic mass is 16.5. The Kier molecular flexibility index (Phi) is 7.34. The monoisotopic (exact) mass is 543 g/mol. The molecule has 1 amide bonds. The molecule has 0 aliphatic rings. The van der Waals surface area contributed by atoms with Crippen LogP contribution in [-0.4, -0.2) is 50.5 Å². The lowest BCUT2D eigenvalue weighted by atomic mass is 10.1. The van der Waals surface area contributed by atoms with Crippen molar-refractivity contribution in [3.8, 4) is 11.5 Å². The number of amides is 1. The first-order valence-corrected chi connectivity index (χ1v) is 12.7. The number of methoxy groups -OCH3 is 1. The molecule has 0 spiro atoms. The molecule has 40 heavy (non-hydrogen) atoms. The molecule has 3 N–H and O–H groups in total. The van der Waals surface area contributed by atoms with E-state index in [2.05, 4.69) is 10.1 Å². The number of hydrogen-bond acceptors (Lipinski definition) is 8. The molecule has 0 atom stereocenters. The van der Waals surface area contributed by atoms with Gasteiger partial charge in [-0.05, 0) is 37.6 Å². The molecule has 206 valence electrons. The van der Waals surface area contributed by atoms with Gasteiger partial charge in [-0.3, -0.25) is 24.0 Å². The number of hydrogen-bond donors (Lipinski definition) is 2. The van der Waals surface area contributed by atoms with Gasteiger partial charge in [0.2, 0.25) is 0 Å². The van der Waals surface area contributed by atoms with Crippen molar-refractivity contribution in [1.82, 2.24) is 24.3 Å². The number of benzene rings is 1. The number of pyridine rings is 1. The molecule has 0 unspecified atom stereocenters. The largest absolute Gasteiger partial charge is 0.463 e. The molecule has 0 bridgehead atoms. The molecule has 5 aromatic rings. The van der Waals surface area contributed by atoms with Gasteiger partial charge in [0.05, 0.1) is 36.6 Å². The highest BCUT2D eigenvalue weighted by Crippen LogP contribution is 2.29. The number of nitrogens with one attached hydrogen (secondary N) is 1. The quantitative estimate of drug-likeness (QED) is 0.288. The number of carbonyl (C=O) groups excluding carboxylic acids is 1. The molecule has 12 nitrogen and oxygen atoms in total. The summed E-state index contributed by atoms with van der Waals surface area (Å²) >= 11 is 0. The topological polar surface area (TPSA) is 154 Å². The zero-order valence-corrected chi connectivity index (χ0v) is 22.3. The van der Waals surface area contributed by atoms with E-state index in [0.29, 0.717) is 22.5 Å². The summed E-state index contributed by atoms with van der Waals surface area (Å²) < 4.78 is 13.8. The molecule has 0 saturated carbocycles. The van der Waals surface area contributed by atoms with E-state index in [-0.39, 0.29) is 42.8 Å². The number of aromatic nitrogens is 5. The van der Waals surface area contributed by atoms with Crippen LogP contribution in [-0.2, 0) is 11.3 Å². The zero-order chi connectivity index (χ0) is 28.4. The van der Waals surface area contributed by atoms with Crippen molar-refractivity contribution < 1.29 is 13.9 Å². The summed E-state index contributed by atoms with van der Waals surface area (Å²) in [6, 6.07) is 14.2. The number of H-pyrrole nitrogens is 1. The average molecular weight is 544 g/mol. The third-order valence-electron chi connectivity index (χ3n) is 6.49. The summed E-state index contributed by atoms with van der Waals surface area (Å²) in [4.78, 5) is 48.5. The van der Waals surface area contributed by atoms with Gasteiger partial charge in [-0.15, -0.1) is 0 Å². The number of ether oxygens (including phenoxy) is 1. The van der Waals surface area contributed by atoms with Crippen LogP contribution in [0.25, 0.3) is 22.5 Å². The molecule has 1 aromatic carbocycles. The summed E-state index contributed by atoms with van der Waals surface area (Å²) in [5.74, 6) is -0.219. The van der Waals surface area contributed by atoms with E-state index in [9.17, 15) is 14.4 Å². The van der Waals surface area contributed by atoms with Gasteiger partial charge in [0, 0.05) is 19.7 Å². The van der Waals surface area contributed by atoms with Crippen LogP contribution in [0.2, 0.25) is 0 Å². The van der Waals surface area contributed by atoms with Crippen LogP contribution < -0.4 is 21.9 Å². The lowest BCUT2D eigenvalue weighted by Crippen LogP contribution is -2.42. The molecule has 0 radical (unpaired) electrons. The number of anilines is 2. The summed E-state index contributed by atoms with van der Waals surface area (Å²) in [7, 11) is 1.49. The van der Waals surface area contributed by atoms with Crippen LogP contribution in [0.5, 0.6) is 0 Å². The predicted molar refractivity (Wildman–Crippen MR) is 150 cm³/mol. The fourth-order valence-corrected chi connectivity index (χ4v) is 4.53. The summed E-state index contributed by atoms with van der Waals surface area (Å²) in [6.07, 6.45) is 3.09. The van der Waals surface area contributed by atoms with Crippen LogP contribution in [0, 0.1) is 0 Å². The minimum absolute atomic E-state index is 0.00955. The lowest BCUT2D eigenvalue weighted by molar-refractivity contribution is 0.0977. The van der Waals surface area contributed by atoms with E-state index < -0.39 is 17.2 Å². The Hall–Kier alpha value is -4.97. The van der Waals surface area contributed by atoms with Crippen LogP contribution in [0.1, 0.15) is 35.8 Å². The van der Waals surface area contributed by atoms with Crippen LogP contribution in [0.3, 0.4) is 0 Å². The van der Waals surface area contributed by atoms with E-state index >= 15 is 0 Å². The summed E-state index contributed by atoms with van der Waals surface area (Å²) in [5, 5.41) is 4.94. The third kappa shape index (κ3) is 4.92. The van der Waals surface area contributed by atoms with Crippen molar-refractivity contribution in [1.29, 1.82) is 0 Å². The first-order chi connectivity index (χ1) is 19.3. The molecule has 0 aliphatic carbocycles. The van der Waals surface area contributed by atoms with Crippen molar-refractivity contribution in [2.75, 3.05) is 30.9 Å². The van der Waals surface area contributed by atoms with Gasteiger partial charge in [0.1, 0.15) is 11.5 Å². The minimum Gasteiger partial charge on any atom is -0.463 e. The van der Waals surface area contributed by atoms with Gasteiger partial charge in [-0.2, -0.15) is 5.10 Å².